The first-order valence-corrected chi connectivity index (χ1v) is 12.2. The Morgan fingerprint density at radius 2 is 1.94 bits per heavy atom. The molecule has 2 aromatic rings. The lowest BCUT2D eigenvalue weighted by atomic mass is 9.74. The van der Waals surface area contributed by atoms with Crippen LogP contribution in [0.15, 0.2) is 42.5 Å². The number of hydrogen-bond acceptors (Lipinski definition) is 3. The van der Waals surface area contributed by atoms with Crippen molar-refractivity contribution >= 4 is 5.91 Å². The fourth-order valence-electron chi connectivity index (χ4n) is 5.40. The highest BCUT2D eigenvalue weighted by Crippen LogP contribution is 2.36. The van der Waals surface area contributed by atoms with Crippen LogP contribution in [-0.4, -0.2) is 44.2 Å². The van der Waals surface area contributed by atoms with Crippen LogP contribution in [0.3, 0.4) is 0 Å². The molecule has 2 aliphatic heterocycles. The highest BCUT2D eigenvalue weighted by molar-refractivity contribution is 5.83. The Morgan fingerprint density at radius 3 is 2.72 bits per heavy atom. The number of benzene rings is 2. The van der Waals surface area contributed by atoms with Gasteiger partial charge in [0.25, 0.3) is 0 Å². The van der Waals surface area contributed by atoms with Crippen molar-refractivity contribution in [2.45, 2.75) is 58.4 Å². The predicted octanol–water partition coefficient (Wildman–Crippen LogP) is 4.77. The standard InChI is InChI=1S/C28H38N2O2/c1-21-7-4-10-25(22(21)2)19-29-27(31)28(12-15-32-16-13-28)18-23-8-5-9-24(17-23)26-11-6-14-30(3)20-26/h4-5,7-10,17,26H,6,11-16,18-20H2,1-3H3,(H,29,31)/t26-/m0/s1. The molecule has 1 atom stereocenters. The topological polar surface area (TPSA) is 41.6 Å². The molecule has 1 N–H and O–H groups in total. The minimum Gasteiger partial charge on any atom is -0.381 e. The normalized spacial score (nSPS) is 21.3. The number of piperidine rings is 1. The highest BCUT2D eigenvalue weighted by atomic mass is 16.5. The van der Waals surface area contributed by atoms with Crippen molar-refractivity contribution in [1.29, 1.82) is 0 Å². The number of carbonyl (C=O) groups is 1. The highest BCUT2D eigenvalue weighted by Gasteiger charge is 2.40. The molecule has 4 heteroatoms. The molecule has 2 saturated heterocycles. The molecule has 2 aromatic carbocycles. The summed E-state index contributed by atoms with van der Waals surface area (Å²) < 4.78 is 5.66. The van der Waals surface area contributed by atoms with Crippen molar-refractivity contribution in [1.82, 2.24) is 10.2 Å². The van der Waals surface area contributed by atoms with E-state index in [0.29, 0.717) is 25.7 Å². The first-order valence-electron chi connectivity index (χ1n) is 12.2. The molecule has 2 fully saturated rings. The van der Waals surface area contributed by atoms with Crippen molar-refractivity contribution in [3.8, 4) is 0 Å². The number of ether oxygens (including phenoxy) is 1. The van der Waals surface area contributed by atoms with Crippen LogP contribution in [-0.2, 0) is 22.5 Å². The molecule has 2 heterocycles. The maximum absolute atomic E-state index is 13.6. The molecular formula is C28H38N2O2. The van der Waals surface area contributed by atoms with Crippen LogP contribution in [0.25, 0.3) is 0 Å². The van der Waals surface area contributed by atoms with Crippen LogP contribution < -0.4 is 5.32 Å². The number of amides is 1. The number of hydrogen-bond donors (Lipinski definition) is 1. The number of likely N-dealkylation sites (N-methyl/N-ethyl adjacent to an activating group) is 1. The van der Waals surface area contributed by atoms with E-state index >= 15 is 0 Å². The molecule has 0 aliphatic carbocycles. The van der Waals surface area contributed by atoms with Gasteiger partial charge in [0.05, 0.1) is 5.41 Å². The molecule has 1 amide bonds. The number of aryl methyl sites for hydroxylation is 1. The monoisotopic (exact) mass is 434 g/mol. The van der Waals surface area contributed by atoms with Gasteiger partial charge in [-0.15, -0.1) is 0 Å². The second-order valence-corrected chi connectivity index (χ2v) is 9.96. The molecule has 2 aliphatic rings. The van der Waals surface area contributed by atoms with E-state index in [2.05, 4.69) is 73.6 Å². The summed E-state index contributed by atoms with van der Waals surface area (Å²) in [6.07, 6.45) is 4.85. The molecule has 0 bridgehead atoms. The average Bonchev–Trinajstić information content (AvgIpc) is 2.80. The Bertz CT molecular complexity index is 933. The largest absolute Gasteiger partial charge is 0.381 e. The zero-order valence-electron chi connectivity index (χ0n) is 20.0. The molecular weight excluding hydrogens is 396 g/mol. The van der Waals surface area contributed by atoms with Crippen molar-refractivity contribution in [2.75, 3.05) is 33.4 Å². The molecule has 0 radical (unpaired) electrons. The first-order chi connectivity index (χ1) is 15.5. The SMILES string of the molecule is Cc1cccc(CNC(=O)C2(Cc3cccc([C@H]4CCCN(C)C4)c3)CCOCC2)c1C. The Morgan fingerprint density at radius 1 is 1.16 bits per heavy atom. The zero-order valence-corrected chi connectivity index (χ0v) is 20.0. The van der Waals surface area contributed by atoms with E-state index in [1.165, 1.54) is 47.2 Å². The summed E-state index contributed by atoms with van der Waals surface area (Å²) in [7, 11) is 2.22. The Hall–Kier alpha value is -2.17. The number of likely N-dealkylation sites (tertiary alicyclic amines) is 1. The van der Waals surface area contributed by atoms with E-state index in [9.17, 15) is 4.79 Å². The maximum Gasteiger partial charge on any atom is 0.226 e. The van der Waals surface area contributed by atoms with E-state index in [0.717, 1.165) is 25.8 Å². The second-order valence-electron chi connectivity index (χ2n) is 9.96. The zero-order chi connectivity index (χ0) is 22.6. The summed E-state index contributed by atoms with van der Waals surface area (Å²) in [5.74, 6) is 0.766. The Labute approximate surface area is 193 Å². The van der Waals surface area contributed by atoms with E-state index in [-0.39, 0.29) is 5.91 Å². The van der Waals surface area contributed by atoms with Crippen LogP contribution in [0.5, 0.6) is 0 Å². The van der Waals surface area contributed by atoms with Crippen LogP contribution >= 0.6 is 0 Å². The van der Waals surface area contributed by atoms with Crippen LogP contribution in [0.1, 0.15) is 59.4 Å². The molecule has 0 aromatic heterocycles. The van der Waals surface area contributed by atoms with Gasteiger partial charge >= 0.3 is 0 Å². The Balaban J connectivity index is 1.50. The lowest BCUT2D eigenvalue weighted by Crippen LogP contribution is -2.46. The van der Waals surface area contributed by atoms with Gasteiger partial charge in [-0.3, -0.25) is 4.79 Å². The van der Waals surface area contributed by atoms with Crippen LogP contribution in [0.4, 0.5) is 0 Å². The minimum absolute atomic E-state index is 0.171. The summed E-state index contributed by atoms with van der Waals surface area (Å²) in [5, 5.41) is 3.28. The van der Waals surface area contributed by atoms with E-state index in [4.69, 9.17) is 4.74 Å². The quantitative estimate of drug-likeness (QED) is 0.712. The summed E-state index contributed by atoms with van der Waals surface area (Å²) in [6.45, 7) is 8.48. The van der Waals surface area contributed by atoms with Crippen LogP contribution in [0, 0.1) is 19.3 Å². The third-order valence-corrected chi connectivity index (χ3v) is 7.68. The van der Waals surface area contributed by atoms with Gasteiger partial charge in [0.1, 0.15) is 0 Å². The van der Waals surface area contributed by atoms with Crippen molar-refractivity contribution in [2.24, 2.45) is 5.41 Å². The molecule has 0 spiro atoms. The predicted molar refractivity (Wildman–Crippen MR) is 130 cm³/mol. The summed E-state index contributed by atoms with van der Waals surface area (Å²) in [6, 6.07) is 15.3. The molecule has 32 heavy (non-hydrogen) atoms. The van der Waals surface area contributed by atoms with Gasteiger partial charge in [-0.1, -0.05) is 42.5 Å². The van der Waals surface area contributed by atoms with E-state index < -0.39 is 5.41 Å². The summed E-state index contributed by atoms with van der Waals surface area (Å²) >= 11 is 0. The second kappa shape index (κ2) is 10.2. The number of carbonyl (C=O) groups excluding carboxylic acids is 1. The third kappa shape index (κ3) is 5.24. The maximum atomic E-state index is 13.6. The van der Waals surface area contributed by atoms with Gasteiger partial charge < -0.3 is 15.0 Å². The van der Waals surface area contributed by atoms with Gasteiger partial charge in [-0.25, -0.2) is 0 Å². The van der Waals surface area contributed by atoms with Crippen molar-refractivity contribution < 1.29 is 9.53 Å². The lowest BCUT2D eigenvalue weighted by molar-refractivity contribution is -0.136. The molecule has 4 nitrogen and oxygen atoms in total. The Kier molecular flexibility index (Phi) is 7.32. The first kappa shape index (κ1) is 23.0. The van der Waals surface area contributed by atoms with Gasteiger partial charge in [-0.05, 0) is 93.3 Å². The van der Waals surface area contributed by atoms with Crippen LogP contribution in [0.2, 0.25) is 0 Å². The van der Waals surface area contributed by atoms with E-state index in [1.54, 1.807) is 0 Å². The number of nitrogens with zero attached hydrogens (tertiary/aromatic N) is 1. The molecule has 0 saturated carbocycles. The van der Waals surface area contributed by atoms with Crippen molar-refractivity contribution in [3.05, 3.63) is 70.3 Å². The van der Waals surface area contributed by atoms with E-state index in [1.807, 2.05) is 0 Å². The molecule has 0 unspecified atom stereocenters. The number of nitrogens with one attached hydrogen (secondary N) is 1. The fourth-order valence-corrected chi connectivity index (χ4v) is 5.40. The smallest absolute Gasteiger partial charge is 0.226 e. The molecule has 172 valence electrons. The molecule has 4 rings (SSSR count). The van der Waals surface area contributed by atoms with Gasteiger partial charge in [0.15, 0.2) is 0 Å². The summed E-state index contributed by atoms with van der Waals surface area (Å²) in [4.78, 5) is 16.0. The third-order valence-electron chi connectivity index (χ3n) is 7.68. The minimum atomic E-state index is -0.391. The van der Waals surface area contributed by atoms with Gasteiger partial charge in [0.2, 0.25) is 5.91 Å². The number of rotatable bonds is 6. The van der Waals surface area contributed by atoms with Gasteiger partial charge in [0, 0.05) is 26.3 Å². The van der Waals surface area contributed by atoms with Gasteiger partial charge in [-0.2, -0.15) is 0 Å². The summed E-state index contributed by atoms with van der Waals surface area (Å²) in [5.41, 5.74) is 6.04. The fraction of sp³-hybridized carbons (Fsp3) is 0.536. The lowest BCUT2D eigenvalue weighted by Gasteiger charge is -2.36. The van der Waals surface area contributed by atoms with Crippen molar-refractivity contribution in [3.63, 3.8) is 0 Å². The average molecular weight is 435 g/mol.